The Morgan fingerprint density at radius 3 is 1.70 bits per heavy atom. The molecule has 0 spiro atoms. The highest BCUT2D eigenvalue weighted by Gasteiger charge is 2.35. The Balaban J connectivity index is 0.843. The zero-order chi connectivity index (χ0) is 45.5. The van der Waals surface area contributed by atoms with Gasteiger partial charge in [0.1, 0.15) is 0 Å². The highest BCUT2D eigenvalue weighted by atomic mass is 32.1. The molecule has 0 atom stereocenters. The van der Waals surface area contributed by atoms with Crippen LogP contribution in [0.15, 0.2) is 218 Å². The molecule has 69 heavy (non-hydrogen) atoms. The van der Waals surface area contributed by atoms with E-state index in [-0.39, 0.29) is 5.41 Å². The molecule has 0 amide bonds. The molecule has 0 N–H and O–H groups in total. The van der Waals surface area contributed by atoms with Gasteiger partial charge in [-0.05, 0) is 147 Å². The van der Waals surface area contributed by atoms with Gasteiger partial charge >= 0.3 is 0 Å². The van der Waals surface area contributed by atoms with E-state index in [0.29, 0.717) is 0 Å². The van der Waals surface area contributed by atoms with E-state index in [4.69, 9.17) is 4.98 Å². The fraction of sp³-hybridized carbons (Fsp3) is 0.0455. The number of hydrogen-bond donors (Lipinski definition) is 0. The lowest BCUT2D eigenvalue weighted by molar-refractivity contribution is 0.660. The zero-order valence-electron chi connectivity index (χ0n) is 38.1. The fourth-order valence-electron chi connectivity index (χ4n) is 11.9. The number of aromatic nitrogens is 2. The summed E-state index contributed by atoms with van der Waals surface area (Å²) in [6.45, 7) is 4.68. The molecular weight excluding hydrogens is 853 g/mol. The molecule has 11 aromatic carbocycles. The van der Waals surface area contributed by atoms with Crippen LogP contribution in [-0.4, -0.2) is 9.38 Å². The van der Waals surface area contributed by atoms with Gasteiger partial charge in [-0.1, -0.05) is 190 Å². The van der Waals surface area contributed by atoms with Crippen molar-refractivity contribution < 1.29 is 0 Å². The number of nitrogens with zero attached hydrogens (tertiary/aromatic N) is 2. The van der Waals surface area contributed by atoms with Crippen molar-refractivity contribution in [2.24, 2.45) is 0 Å². The van der Waals surface area contributed by atoms with Crippen LogP contribution >= 0.6 is 11.3 Å². The first kappa shape index (κ1) is 38.7. The van der Waals surface area contributed by atoms with Crippen molar-refractivity contribution in [2.45, 2.75) is 19.3 Å². The van der Waals surface area contributed by atoms with Crippen molar-refractivity contribution in [3.05, 3.63) is 230 Å². The van der Waals surface area contributed by atoms with E-state index in [1.807, 2.05) is 11.3 Å². The summed E-state index contributed by atoms with van der Waals surface area (Å²) >= 11 is 1.85. The van der Waals surface area contributed by atoms with E-state index in [9.17, 15) is 0 Å². The minimum absolute atomic E-state index is 0.00361. The monoisotopic (exact) mass is 894 g/mol. The molecule has 322 valence electrons. The number of thiophene rings is 1. The number of pyridine rings is 1. The van der Waals surface area contributed by atoms with Crippen molar-refractivity contribution in [3.63, 3.8) is 0 Å². The molecular formula is C66H42N2S. The van der Waals surface area contributed by atoms with Crippen LogP contribution in [0.1, 0.15) is 25.0 Å². The van der Waals surface area contributed by atoms with Gasteiger partial charge in [-0.15, -0.1) is 11.3 Å². The number of rotatable bonds is 4. The summed E-state index contributed by atoms with van der Waals surface area (Å²) in [6, 6.07) is 81.4. The Labute approximate surface area is 403 Å². The van der Waals surface area contributed by atoms with E-state index in [1.54, 1.807) is 0 Å². The molecule has 15 rings (SSSR count). The lowest BCUT2D eigenvalue weighted by atomic mass is 9.82. The van der Waals surface area contributed by atoms with Gasteiger partial charge in [0.05, 0.1) is 21.4 Å². The van der Waals surface area contributed by atoms with Crippen molar-refractivity contribution in [1.82, 2.24) is 9.38 Å². The predicted molar refractivity (Wildman–Crippen MR) is 295 cm³/mol. The molecule has 3 aromatic heterocycles. The average Bonchev–Trinajstić information content (AvgIpc) is 4.04. The van der Waals surface area contributed by atoms with Gasteiger partial charge in [0, 0.05) is 20.9 Å². The summed E-state index contributed by atoms with van der Waals surface area (Å²) in [5, 5.41) is 12.5. The number of imidazole rings is 1. The largest absolute Gasteiger partial charge is 0.291 e. The summed E-state index contributed by atoms with van der Waals surface area (Å²) in [7, 11) is 0. The summed E-state index contributed by atoms with van der Waals surface area (Å²) in [5.41, 5.74) is 18.3. The second-order valence-electron chi connectivity index (χ2n) is 19.5. The van der Waals surface area contributed by atoms with Gasteiger partial charge in [0.15, 0.2) is 5.65 Å². The van der Waals surface area contributed by atoms with E-state index in [2.05, 4.69) is 237 Å². The van der Waals surface area contributed by atoms with Crippen LogP contribution in [0.5, 0.6) is 0 Å². The predicted octanol–water partition coefficient (Wildman–Crippen LogP) is 18.4. The van der Waals surface area contributed by atoms with Gasteiger partial charge in [-0.2, -0.15) is 0 Å². The molecule has 0 saturated carbocycles. The standard InChI is InChI=1S/C66H42N2S/c1-66(2)57-18-10-9-17-54(57)55-35-46(27-31-58(55)66)39-19-21-41(22-20-39)49-29-30-50(53-16-8-7-15-52(49)53)42-23-25-43(26-24-42)60-38-56-63-51-14-6-5-11-40(51)28-32-62(63)69-64(56)65-67-59-36-47-33-44-12-3-4-13-45(44)34-48(47)37-61(59)68(60)65/h3-38H,1-2H3. The van der Waals surface area contributed by atoms with E-state index < -0.39 is 0 Å². The van der Waals surface area contributed by atoms with Gasteiger partial charge in [0.25, 0.3) is 0 Å². The third-order valence-corrected chi connectivity index (χ3v) is 16.5. The van der Waals surface area contributed by atoms with E-state index >= 15 is 0 Å². The third-order valence-electron chi connectivity index (χ3n) is 15.3. The first-order chi connectivity index (χ1) is 33.9. The molecule has 3 heteroatoms. The van der Waals surface area contributed by atoms with Crippen molar-refractivity contribution in [3.8, 4) is 55.8 Å². The van der Waals surface area contributed by atoms with Gasteiger partial charge in [0.2, 0.25) is 0 Å². The van der Waals surface area contributed by atoms with Crippen LogP contribution < -0.4 is 0 Å². The maximum Gasteiger partial charge on any atom is 0.156 e. The van der Waals surface area contributed by atoms with E-state index in [1.165, 1.54) is 119 Å². The molecule has 3 heterocycles. The smallest absolute Gasteiger partial charge is 0.156 e. The second kappa shape index (κ2) is 14.3. The summed E-state index contributed by atoms with van der Waals surface area (Å²) in [5.74, 6) is 0. The molecule has 0 saturated heterocycles. The Hall–Kier alpha value is -8.37. The van der Waals surface area contributed by atoms with Crippen LogP contribution in [0.2, 0.25) is 0 Å². The Kier molecular flexibility index (Phi) is 8.03. The first-order valence-corrected chi connectivity index (χ1v) is 24.7. The van der Waals surface area contributed by atoms with Gasteiger partial charge < -0.3 is 0 Å². The Morgan fingerprint density at radius 2 is 0.971 bits per heavy atom. The van der Waals surface area contributed by atoms with Crippen LogP contribution in [0.3, 0.4) is 0 Å². The minimum atomic E-state index is 0.00361. The Bertz CT molecular complexity index is 4490. The number of benzene rings is 11. The lowest BCUT2D eigenvalue weighted by Crippen LogP contribution is -2.14. The highest BCUT2D eigenvalue weighted by molar-refractivity contribution is 7.26. The first-order valence-electron chi connectivity index (χ1n) is 23.9. The summed E-state index contributed by atoms with van der Waals surface area (Å²) in [4.78, 5) is 5.49. The maximum absolute atomic E-state index is 5.49. The summed E-state index contributed by atoms with van der Waals surface area (Å²) in [6.07, 6.45) is 0. The normalized spacial score (nSPS) is 13.2. The molecule has 0 fully saturated rings. The molecule has 1 aliphatic carbocycles. The molecule has 0 unspecified atom stereocenters. The topological polar surface area (TPSA) is 17.3 Å². The van der Waals surface area contributed by atoms with E-state index in [0.717, 1.165) is 27.9 Å². The maximum atomic E-state index is 5.49. The Morgan fingerprint density at radius 1 is 0.391 bits per heavy atom. The summed E-state index contributed by atoms with van der Waals surface area (Å²) < 4.78 is 4.91. The van der Waals surface area contributed by atoms with Crippen LogP contribution in [0.4, 0.5) is 0 Å². The molecule has 0 bridgehead atoms. The highest BCUT2D eigenvalue weighted by Crippen LogP contribution is 2.50. The molecule has 1 aliphatic rings. The lowest BCUT2D eigenvalue weighted by Gasteiger charge is -2.21. The molecule has 2 nitrogen and oxygen atoms in total. The van der Waals surface area contributed by atoms with Crippen molar-refractivity contribution in [2.75, 3.05) is 0 Å². The SMILES string of the molecule is CC1(C)c2ccccc2-c2cc(-c3ccc(-c4ccc(-c5ccc(-c6cc7c(sc8ccc9ccccc9c87)c7nc8cc9cc%10ccccc%10cc9cc8n67)cc5)c5ccccc45)cc3)ccc21. The number of fused-ring (bicyclic) bond motifs is 15. The zero-order valence-corrected chi connectivity index (χ0v) is 38.9. The molecule has 14 aromatic rings. The van der Waals surface area contributed by atoms with Crippen molar-refractivity contribution >= 4 is 91.3 Å². The fourth-order valence-corrected chi connectivity index (χ4v) is 13.1. The van der Waals surface area contributed by atoms with Crippen LogP contribution in [0.25, 0.3) is 136 Å². The van der Waals surface area contributed by atoms with Crippen LogP contribution in [0, 0.1) is 0 Å². The second-order valence-corrected chi connectivity index (χ2v) is 20.5. The quantitative estimate of drug-likeness (QED) is 0.161. The average molecular weight is 895 g/mol. The molecule has 0 radical (unpaired) electrons. The van der Waals surface area contributed by atoms with Crippen LogP contribution in [-0.2, 0) is 5.41 Å². The molecule has 0 aliphatic heterocycles. The van der Waals surface area contributed by atoms with Gasteiger partial charge in [-0.25, -0.2) is 4.98 Å². The van der Waals surface area contributed by atoms with Gasteiger partial charge in [-0.3, -0.25) is 4.40 Å². The van der Waals surface area contributed by atoms with Crippen molar-refractivity contribution in [1.29, 1.82) is 0 Å². The number of hydrogen-bond acceptors (Lipinski definition) is 2. The third kappa shape index (κ3) is 5.69. The minimum Gasteiger partial charge on any atom is -0.291 e.